The van der Waals surface area contributed by atoms with Crippen LogP contribution < -0.4 is 0 Å². The van der Waals surface area contributed by atoms with Crippen LogP contribution >= 0.6 is 0 Å². The van der Waals surface area contributed by atoms with E-state index in [2.05, 4.69) is 80.3 Å². The van der Waals surface area contributed by atoms with Crippen molar-refractivity contribution < 1.29 is 0 Å². The molecule has 2 aromatic rings. The van der Waals surface area contributed by atoms with Gasteiger partial charge in [-0.2, -0.15) is 20.6 Å². The Bertz CT molecular complexity index is 993. The fraction of sp³-hybridized carbons (Fsp3) is 0.480. The lowest BCUT2D eigenvalue weighted by Crippen LogP contribution is -2.30. The summed E-state index contributed by atoms with van der Waals surface area (Å²) in [5.41, 5.74) is 4.44. The predicted octanol–water partition coefficient (Wildman–Crippen LogP) is 8.16. The van der Waals surface area contributed by atoms with Gasteiger partial charge in [0.15, 0.2) is 6.17 Å². The Morgan fingerprint density at radius 1 is 0.933 bits per heavy atom. The lowest BCUT2D eigenvalue weighted by Gasteiger charge is -2.30. The van der Waals surface area contributed by atoms with Crippen LogP contribution in [0.15, 0.2) is 62.9 Å². The first kappa shape index (κ1) is 21.8. The molecule has 0 saturated heterocycles. The van der Waals surface area contributed by atoms with Gasteiger partial charge in [0.1, 0.15) is 5.41 Å². The van der Waals surface area contributed by atoms with Crippen molar-refractivity contribution in [2.45, 2.75) is 71.9 Å². The number of benzene rings is 2. The van der Waals surface area contributed by atoms with Gasteiger partial charge in [0.2, 0.25) is 0 Å². The van der Waals surface area contributed by atoms with Crippen molar-refractivity contribution >= 4 is 11.4 Å². The van der Waals surface area contributed by atoms with E-state index in [0.29, 0.717) is 11.8 Å². The first-order valence-electron chi connectivity index (χ1n) is 10.8. The molecule has 1 aliphatic rings. The molecule has 2 atom stereocenters. The second-order valence-corrected chi connectivity index (χ2v) is 8.81. The standard InChI is InChI=1S/C25H31N5/c1-7-21(25(6,15-26)24-29-30-24)20-13-10-12-19(17(4)5)23(20)28-27-22-14-9-8-11-18(22)16(2)3/h8-14,16-17,21,24H,7H2,1-6H3. The number of hydrogen-bond acceptors (Lipinski definition) is 5. The van der Waals surface area contributed by atoms with Gasteiger partial charge in [-0.05, 0) is 47.9 Å². The van der Waals surface area contributed by atoms with E-state index >= 15 is 0 Å². The number of nitriles is 1. The Labute approximate surface area is 180 Å². The fourth-order valence-corrected chi connectivity index (χ4v) is 4.17. The summed E-state index contributed by atoms with van der Waals surface area (Å²) in [5.74, 6) is 0.624. The van der Waals surface area contributed by atoms with E-state index in [-0.39, 0.29) is 12.1 Å². The third kappa shape index (κ3) is 4.18. The molecule has 0 aliphatic carbocycles. The van der Waals surface area contributed by atoms with Gasteiger partial charge in [0, 0.05) is 5.92 Å². The maximum absolute atomic E-state index is 10.0. The summed E-state index contributed by atoms with van der Waals surface area (Å²) in [7, 11) is 0. The molecule has 0 aromatic heterocycles. The normalized spacial score (nSPS) is 16.8. The second kappa shape index (κ2) is 8.87. The van der Waals surface area contributed by atoms with E-state index in [1.54, 1.807) is 0 Å². The molecule has 30 heavy (non-hydrogen) atoms. The molecule has 0 bridgehead atoms. The first-order chi connectivity index (χ1) is 14.3. The molecule has 1 heterocycles. The Balaban J connectivity index is 2.13. The van der Waals surface area contributed by atoms with Crippen LogP contribution in [0.3, 0.4) is 0 Å². The highest BCUT2D eigenvalue weighted by molar-refractivity contribution is 5.57. The largest absolute Gasteiger partial charge is 0.199 e. The highest BCUT2D eigenvalue weighted by atomic mass is 15.4. The topological polar surface area (TPSA) is 73.2 Å². The number of hydrogen-bond donors (Lipinski definition) is 0. The smallest absolute Gasteiger partial charge is 0.198 e. The Morgan fingerprint density at radius 2 is 1.53 bits per heavy atom. The van der Waals surface area contributed by atoms with Crippen molar-refractivity contribution in [1.82, 2.24) is 0 Å². The zero-order chi connectivity index (χ0) is 21.9. The summed E-state index contributed by atoms with van der Waals surface area (Å²) in [6, 6.07) is 16.9. The molecule has 0 radical (unpaired) electrons. The quantitative estimate of drug-likeness (QED) is 0.411. The first-order valence-corrected chi connectivity index (χ1v) is 10.8. The van der Waals surface area contributed by atoms with Gasteiger partial charge in [-0.1, -0.05) is 71.0 Å². The minimum atomic E-state index is -0.690. The minimum Gasteiger partial charge on any atom is -0.198 e. The van der Waals surface area contributed by atoms with Crippen molar-refractivity contribution in [1.29, 1.82) is 5.26 Å². The Kier molecular flexibility index (Phi) is 6.45. The fourth-order valence-electron chi connectivity index (χ4n) is 4.17. The van der Waals surface area contributed by atoms with Crippen molar-refractivity contribution in [3.05, 3.63) is 59.2 Å². The van der Waals surface area contributed by atoms with E-state index in [9.17, 15) is 5.26 Å². The van der Waals surface area contributed by atoms with Gasteiger partial charge >= 0.3 is 0 Å². The maximum Gasteiger partial charge on any atom is 0.199 e. The zero-order valence-electron chi connectivity index (χ0n) is 18.8. The van der Waals surface area contributed by atoms with E-state index in [1.807, 2.05) is 25.1 Å². The average molecular weight is 402 g/mol. The number of azo groups is 1. The molecule has 2 unspecified atom stereocenters. The highest BCUT2D eigenvalue weighted by Crippen LogP contribution is 2.50. The molecule has 0 saturated carbocycles. The summed E-state index contributed by atoms with van der Waals surface area (Å²) in [6.45, 7) is 12.7. The minimum absolute atomic E-state index is 0.0320. The van der Waals surface area contributed by atoms with Crippen molar-refractivity contribution in [3.8, 4) is 6.07 Å². The average Bonchev–Trinajstić information content (AvgIpc) is 3.58. The Hall–Kier alpha value is -2.87. The van der Waals surface area contributed by atoms with Gasteiger partial charge in [0.25, 0.3) is 0 Å². The number of rotatable bonds is 8. The van der Waals surface area contributed by atoms with Crippen LogP contribution in [-0.4, -0.2) is 6.17 Å². The van der Waals surface area contributed by atoms with Gasteiger partial charge < -0.3 is 0 Å². The van der Waals surface area contributed by atoms with Crippen LogP contribution in [0.5, 0.6) is 0 Å². The van der Waals surface area contributed by atoms with E-state index in [1.165, 1.54) is 5.56 Å². The molecular formula is C25H31N5. The van der Waals surface area contributed by atoms with Gasteiger partial charge in [-0.25, -0.2) is 0 Å². The molecule has 0 amide bonds. The van der Waals surface area contributed by atoms with Crippen LogP contribution in [0.1, 0.15) is 82.4 Å². The van der Waals surface area contributed by atoms with Crippen LogP contribution in [0.2, 0.25) is 0 Å². The van der Waals surface area contributed by atoms with Crippen molar-refractivity contribution in [3.63, 3.8) is 0 Å². The lowest BCUT2D eigenvalue weighted by molar-refractivity contribution is 0.323. The summed E-state index contributed by atoms with van der Waals surface area (Å²) in [4.78, 5) is 0. The van der Waals surface area contributed by atoms with Gasteiger partial charge in [0.05, 0.1) is 17.4 Å². The zero-order valence-corrected chi connectivity index (χ0v) is 18.8. The third-order valence-corrected chi connectivity index (χ3v) is 6.05. The van der Waals surface area contributed by atoms with Crippen molar-refractivity contribution in [2.24, 2.45) is 25.9 Å². The Morgan fingerprint density at radius 3 is 2.10 bits per heavy atom. The molecule has 5 nitrogen and oxygen atoms in total. The molecule has 1 aliphatic heterocycles. The molecule has 156 valence electrons. The van der Waals surface area contributed by atoms with Gasteiger partial charge in [-0.3, -0.25) is 0 Å². The number of nitrogens with zero attached hydrogens (tertiary/aromatic N) is 5. The SMILES string of the molecule is CCC(c1cccc(C(C)C)c1N=Nc1ccccc1C(C)C)C(C)(C#N)C1N=N1. The second-order valence-electron chi connectivity index (χ2n) is 8.81. The summed E-state index contributed by atoms with van der Waals surface area (Å²) in [6.07, 6.45) is 0.541. The van der Waals surface area contributed by atoms with Gasteiger partial charge in [-0.15, -0.1) is 5.11 Å². The molecular weight excluding hydrogens is 370 g/mol. The molecule has 0 N–H and O–H groups in total. The molecule has 5 heteroatoms. The van der Waals surface area contributed by atoms with Crippen LogP contribution in [0.25, 0.3) is 0 Å². The molecule has 0 fully saturated rings. The molecule has 2 aromatic carbocycles. The van der Waals surface area contributed by atoms with Crippen LogP contribution in [-0.2, 0) is 0 Å². The molecule has 3 rings (SSSR count). The summed E-state index contributed by atoms with van der Waals surface area (Å²) >= 11 is 0. The maximum atomic E-state index is 10.0. The lowest BCUT2D eigenvalue weighted by atomic mass is 9.70. The van der Waals surface area contributed by atoms with E-state index < -0.39 is 5.41 Å². The van der Waals surface area contributed by atoms with Crippen LogP contribution in [0.4, 0.5) is 11.4 Å². The third-order valence-electron chi connectivity index (χ3n) is 6.05. The predicted molar refractivity (Wildman–Crippen MR) is 121 cm³/mol. The monoisotopic (exact) mass is 401 g/mol. The summed E-state index contributed by atoms with van der Waals surface area (Å²) < 4.78 is 0. The molecule has 0 spiro atoms. The van der Waals surface area contributed by atoms with E-state index in [0.717, 1.165) is 28.9 Å². The van der Waals surface area contributed by atoms with E-state index in [4.69, 9.17) is 5.11 Å². The highest BCUT2D eigenvalue weighted by Gasteiger charge is 2.48. The summed E-state index contributed by atoms with van der Waals surface area (Å²) in [5, 5.41) is 27.7. The van der Waals surface area contributed by atoms with Crippen molar-refractivity contribution in [2.75, 3.05) is 0 Å². The van der Waals surface area contributed by atoms with Crippen LogP contribution in [0, 0.1) is 16.7 Å².